The van der Waals surface area contributed by atoms with Crippen molar-refractivity contribution in [1.82, 2.24) is 9.97 Å². The highest BCUT2D eigenvalue weighted by molar-refractivity contribution is 5.62. The molecule has 20 heavy (non-hydrogen) atoms. The van der Waals surface area contributed by atoms with Crippen molar-refractivity contribution >= 4 is 5.82 Å². The molecule has 0 fully saturated rings. The first-order valence-electron chi connectivity index (χ1n) is 6.90. The minimum atomic E-state index is -0.269. The summed E-state index contributed by atoms with van der Waals surface area (Å²) in [5.74, 6) is 1.38. The lowest BCUT2D eigenvalue weighted by atomic mass is 10.1. The maximum Gasteiger partial charge on any atom is 0.162 e. The van der Waals surface area contributed by atoms with Crippen LogP contribution in [0, 0.1) is 12.7 Å². The predicted molar refractivity (Wildman–Crippen MR) is 80.4 cm³/mol. The molecule has 0 saturated carbocycles. The largest absolute Gasteiger partial charge is 0.370 e. The Kier molecular flexibility index (Phi) is 4.32. The van der Waals surface area contributed by atoms with Gasteiger partial charge in [-0.2, -0.15) is 0 Å². The van der Waals surface area contributed by atoms with Crippen molar-refractivity contribution in [2.24, 2.45) is 0 Å². The van der Waals surface area contributed by atoms with Gasteiger partial charge in [0.1, 0.15) is 11.6 Å². The van der Waals surface area contributed by atoms with Gasteiger partial charge in [-0.05, 0) is 37.5 Å². The summed E-state index contributed by atoms with van der Waals surface area (Å²) < 4.78 is 13.5. The number of anilines is 1. The number of rotatable bonds is 4. The van der Waals surface area contributed by atoms with Crippen LogP contribution in [0.4, 0.5) is 10.2 Å². The molecule has 0 saturated heterocycles. The highest BCUT2D eigenvalue weighted by Crippen LogP contribution is 2.25. The fourth-order valence-corrected chi connectivity index (χ4v) is 1.99. The monoisotopic (exact) mass is 273 g/mol. The van der Waals surface area contributed by atoms with Gasteiger partial charge < -0.3 is 5.32 Å². The third-order valence-corrected chi connectivity index (χ3v) is 3.14. The molecular weight excluding hydrogens is 253 g/mol. The summed E-state index contributed by atoms with van der Waals surface area (Å²) in [7, 11) is 0. The molecule has 106 valence electrons. The van der Waals surface area contributed by atoms with Crippen LogP contribution in [0.2, 0.25) is 0 Å². The molecule has 0 aliphatic carbocycles. The molecular formula is C16H20FN3. The van der Waals surface area contributed by atoms with Gasteiger partial charge in [-0.25, -0.2) is 14.4 Å². The van der Waals surface area contributed by atoms with E-state index in [4.69, 9.17) is 0 Å². The normalized spacial score (nSPS) is 10.9. The average Bonchev–Trinajstić information content (AvgIpc) is 2.41. The van der Waals surface area contributed by atoms with Crippen molar-refractivity contribution in [3.8, 4) is 11.4 Å². The first-order chi connectivity index (χ1) is 9.51. The van der Waals surface area contributed by atoms with Crippen molar-refractivity contribution < 1.29 is 4.39 Å². The maximum absolute atomic E-state index is 13.5. The lowest BCUT2D eigenvalue weighted by Gasteiger charge is -2.12. The summed E-state index contributed by atoms with van der Waals surface area (Å²) >= 11 is 0. The van der Waals surface area contributed by atoms with Crippen molar-refractivity contribution in [2.75, 3.05) is 11.9 Å². The van der Waals surface area contributed by atoms with Crippen LogP contribution in [0.1, 0.15) is 37.9 Å². The number of nitrogens with one attached hydrogen (secondary N) is 1. The van der Waals surface area contributed by atoms with Gasteiger partial charge in [0, 0.05) is 23.9 Å². The Hall–Kier alpha value is -1.97. The van der Waals surface area contributed by atoms with E-state index in [0.29, 0.717) is 11.7 Å². The van der Waals surface area contributed by atoms with Crippen LogP contribution >= 0.6 is 0 Å². The van der Waals surface area contributed by atoms with Gasteiger partial charge in [-0.1, -0.05) is 19.9 Å². The molecule has 1 aromatic heterocycles. The molecule has 2 aromatic rings. The quantitative estimate of drug-likeness (QED) is 0.909. The van der Waals surface area contributed by atoms with Crippen LogP contribution in [0.5, 0.6) is 0 Å². The summed E-state index contributed by atoms with van der Waals surface area (Å²) in [4.78, 5) is 9.06. The van der Waals surface area contributed by atoms with Gasteiger partial charge >= 0.3 is 0 Å². The third kappa shape index (κ3) is 3.13. The lowest BCUT2D eigenvalue weighted by Crippen LogP contribution is -2.05. The molecule has 0 radical (unpaired) electrons. The van der Waals surface area contributed by atoms with Gasteiger partial charge in [0.25, 0.3) is 0 Å². The molecule has 3 nitrogen and oxygen atoms in total. The number of aromatic nitrogens is 2. The molecule has 0 aliphatic rings. The van der Waals surface area contributed by atoms with Gasteiger partial charge in [0.05, 0.1) is 0 Å². The van der Waals surface area contributed by atoms with Crippen LogP contribution < -0.4 is 5.32 Å². The van der Waals surface area contributed by atoms with Crippen LogP contribution in [0.15, 0.2) is 24.3 Å². The molecule has 2 rings (SSSR count). The van der Waals surface area contributed by atoms with Crippen molar-refractivity contribution in [3.05, 3.63) is 41.3 Å². The summed E-state index contributed by atoms with van der Waals surface area (Å²) in [5.41, 5.74) is 2.66. The average molecular weight is 273 g/mol. The van der Waals surface area contributed by atoms with E-state index in [1.807, 2.05) is 19.9 Å². The number of halogens is 1. The number of hydrogen-bond acceptors (Lipinski definition) is 3. The second-order valence-corrected chi connectivity index (χ2v) is 5.15. The molecule has 0 bridgehead atoms. The molecule has 1 heterocycles. The van der Waals surface area contributed by atoms with Crippen molar-refractivity contribution in [2.45, 2.75) is 33.6 Å². The van der Waals surface area contributed by atoms with E-state index in [2.05, 4.69) is 29.1 Å². The van der Waals surface area contributed by atoms with E-state index in [1.165, 1.54) is 12.1 Å². The Labute approximate surface area is 119 Å². The predicted octanol–water partition coefficient (Wildman–Crippen LogP) is 4.15. The molecule has 0 atom stereocenters. The van der Waals surface area contributed by atoms with E-state index in [-0.39, 0.29) is 5.82 Å². The molecule has 4 heteroatoms. The first kappa shape index (κ1) is 14.4. The molecule has 0 spiro atoms. The van der Waals surface area contributed by atoms with Crippen LogP contribution in [0.25, 0.3) is 11.4 Å². The maximum atomic E-state index is 13.5. The Morgan fingerprint density at radius 3 is 2.60 bits per heavy atom. The lowest BCUT2D eigenvalue weighted by molar-refractivity contribution is 0.627. The number of benzene rings is 1. The van der Waals surface area contributed by atoms with E-state index in [0.717, 1.165) is 29.2 Å². The second-order valence-electron chi connectivity index (χ2n) is 5.15. The van der Waals surface area contributed by atoms with E-state index in [1.54, 1.807) is 6.07 Å². The topological polar surface area (TPSA) is 37.8 Å². The highest BCUT2D eigenvalue weighted by Gasteiger charge is 2.11. The standard InChI is InChI=1S/C16H20FN3/c1-5-18-15-9-14(10(2)3)19-16(20-15)13-8-12(17)7-6-11(13)4/h6-10H,5H2,1-4H3,(H,18,19,20). The molecule has 1 N–H and O–H groups in total. The van der Waals surface area contributed by atoms with Crippen molar-refractivity contribution in [1.29, 1.82) is 0 Å². The van der Waals surface area contributed by atoms with Crippen LogP contribution in [0.3, 0.4) is 0 Å². The van der Waals surface area contributed by atoms with E-state index < -0.39 is 0 Å². The van der Waals surface area contributed by atoms with Crippen LogP contribution in [-0.2, 0) is 0 Å². The SMILES string of the molecule is CCNc1cc(C(C)C)nc(-c2cc(F)ccc2C)n1. The molecule has 1 aromatic carbocycles. The van der Waals surface area contributed by atoms with Gasteiger partial charge in [-0.15, -0.1) is 0 Å². The molecule has 0 amide bonds. The van der Waals surface area contributed by atoms with Crippen molar-refractivity contribution in [3.63, 3.8) is 0 Å². The minimum Gasteiger partial charge on any atom is -0.370 e. The smallest absolute Gasteiger partial charge is 0.162 e. The Morgan fingerprint density at radius 2 is 1.95 bits per heavy atom. The zero-order chi connectivity index (χ0) is 14.7. The number of aryl methyl sites for hydroxylation is 1. The zero-order valence-electron chi connectivity index (χ0n) is 12.4. The summed E-state index contributed by atoms with van der Waals surface area (Å²) in [6.45, 7) is 8.91. The van der Waals surface area contributed by atoms with Gasteiger partial charge in [-0.3, -0.25) is 0 Å². The Balaban J connectivity index is 2.57. The van der Waals surface area contributed by atoms with Gasteiger partial charge in [0.15, 0.2) is 5.82 Å². The highest BCUT2D eigenvalue weighted by atomic mass is 19.1. The fourth-order valence-electron chi connectivity index (χ4n) is 1.99. The summed E-state index contributed by atoms with van der Waals surface area (Å²) in [5, 5.41) is 3.20. The minimum absolute atomic E-state index is 0.269. The number of nitrogens with zero attached hydrogens (tertiary/aromatic N) is 2. The first-order valence-corrected chi connectivity index (χ1v) is 6.90. The zero-order valence-corrected chi connectivity index (χ0v) is 12.4. The van der Waals surface area contributed by atoms with E-state index in [9.17, 15) is 4.39 Å². The Bertz CT molecular complexity index is 609. The second kappa shape index (κ2) is 5.99. The fraction of sp³-hybridized carbons (Fsp3) is 0.375. The summed E-state index contributed by atoms with van der Waals surface area (Å²) in [6, 6.07) is 6.65. The Morgan fingerprint density at radius 1 is 1.20 bits per heavy atom. The third-order valence-electron chi connectivity index (χ3n) is 3.14. The van der Waals surface area contributed by atoms with Crippen LogP contribution in [-0.4, -0.2) is 16.5 Å². The molecule has 0 aliphatic heterocycles. The van der Waals surface area contributed by atoms with Gasteiger partial charge in [0.2, 0.25) is 0 Å². The summed E-state index contributed by atoms with van der Waals surface area (Å²) in [6.07, 6.45) is 0. The number of hydrogen-bond donors (Lipinski definition) is 1. The van der Waals surface area contributed by atoms with E-state index >= 15 is 0 Å². The molecule has 0 unspecified atom stereocenters.